The van der Waals surface area contributed by atoms with Gasteiger partial charge in [0.2, 0.25) is 10.0 Å². The molecule has 0 aromatic heterocycles. The fraction of sp³-hybridized carbons (Fsp3) is 0.316. The average Bonchev–Trinajstić information content (AvgIpc) is 2.86. The van der Waals surface area contributed by atoms with E-state index < -0.39 is 10.0 Å². The highest BCUT2D eigenvalue weighted by Gasteiger charge is 2.29. The van der Waals surface area contributed by atoms with Gasteiger partial charge in [0.25, 0.3) is 5.91 Å². The Morgan fingerprint density at radius 2 is 1.56 bits per heavy atom. The van der Waals surface area contributed by atoms with E-state index in [1.165, 1.54) is 24.8 Å². The maximum Gasteiger partial charge on any atom is 0.258 e. The summed E-state index contributed by atoms with van der Waals surface area (Å²) in [5.41, 5.74) is 1.47. The lowest BCUT2D eigenvalue weighted by Crippen LogP contribution is -2.31. The molecule has 0 N–H and O–H groups in total. The minimum atomic E-state index is -3.44. The number of anilines is 2. The van der Waals surface area contributed by atoms with Crippen LogP contribution in [0.4, 0.5) is 11.4 Å². The number of para-hydroxylation sites is 2. The smallest absolute Gasteiger partial charge is 0.258 e. The van der Waals surface area contributed by atoms with Crippen molar-refractivity contribution in [2.24, 2.45) is 0 Å². The topological polar surface area (TPSA) is 76.2 Å². The van der Waals surface area contributed by atoms with E-state index in [1.807, 2.05) is 0 Å². The quantitative estimate of drug-likeness (QED) is 0.802. The summed E-state index contributed by atoms with van der Waals surface area (Å²) in [7, 11) is -0.398. The van der Waals surface area contributed by atoms with E-state index in [-0.39, 0.29) is 5.91 Å². The zero-order valence-corrected chi connectivity index (χ0v) is 16.3. The number of hydrogen-bond donors (Lipinski definition) is 0. The van der Waals surface area contributed by atoms with Gasteiger partial charge in [0.1, 0.15) is 11.5 Å². The maximum absolute atomic E-state index is 13.3. The highest BCUT2D eigenvalue weighted by Crippen LogP contribution is 2.35. The summed E-state index contributed by atoms with van der Waals surface area (Å²) in [6.45, 7) is 0.725. The van der Waals surface area contributed by atoms with Crippen molar-refractivity contribution in [3.05, 3.63) is 48.0 Å². The average molecular weight is 390 g/mol. The number of methoxy groups -OCH3 is 2. The molecule has 7 nitrogen and oxygen atoms in total. The number of amides is 1. The fourth-order valence-electron chi connectivity index (χ4n) is 3.16. The molecule has 0 spiro atoms. The Balaban J connectivity index is 2.07. The molecular weight excluding hydrogens is 368 g/mol. The van der Waals surface area contributed by atoms with Gasteiger partial charge in [0.15, 0.2) is 0 Å². The molecule has 0 fully saturated rings. The number of rotatable bonds is 4. The van der Waals surface area contributed by atoms with Crippen LogP contribution in [0, 0.1) is 0 Å². The van der Waals surface area contributed by atoms with Gasteiger partial charge in [0, 0.05) is 24.7 Å². The molecule has 1 aliphatic heterocycles. The van der Waals surface area contributed by atoms with Crippen molar-refractivity contribution < 1.29 is 22.7 Å². The number of hydrogen-bond acceptors (Lipinski definition) is 5. The van der Waals surface area contributed by atoms with Crippen molar-refractivity contribution in [3.63, 3.8) is 0 Å². The second kappa shape index (κ2) is 7.48. The molecule has 2 aromatic rings. The molecule has 1 heterocycles. The molecule has 1 amide bonds. The van der Waals surface area contributed by atoms with E-state index in [0.29, 0.717) is 47.9 Å². The summed E-state index contributed by atoms with van der Waals surface area (Å²) >= 11 is 0. The lowest BCUT2D eigenvalue weighted by Gasteiger charge is -2.25. The van der Waals surface area contributed by atoms with Crippen LogP contribution >= 0.6 is 0 Å². The Hall–Kier alpha value is -2.74. The number of ether oxygens (including phenoxy) is 2. The minimum absolute atomic E-state index is 0.241. The monoisotopic (exact) mass is 390 g/mol. The van der Waals surface area contributed by atoms with Gasteiger partial charge in [-0.2, -0.15) is 0 Å². The Morgan fingerprint density at radius 3 is 2.11 bits per heavy atom. The van der Waals surface area contributed by atoms with Crippen LogP contribution in [0.15, 0.2) is 42.5 Å². The number of nitrogens with zero attached hydrogens (tertiary/aromatic N) is 2. The molecule has 0 saturated heterocycles. The molecule has 0 radical (unpaired) electrons. The summed E-state index contributed by atoms with van der Waals surface area (Å²) in [6, 6.07) is 12.0. The van der Waals surface area contributed by atoms with E-state index in [1.54, 1.807) is 47.4 Å². The molecule has 0 aliphatic carbocycles. The largest absolute Gasteiger partial charge is 0.497 e. The van der Waals surface area contributed by atoms with Crippen LogP contribution in [0.2, 0.25) is 0 Å². The van der Waals surface area contributed by atoms with Crippen LogP contribution in [0.1, 0.15) is 16.8 Å². The predicted molar refractivity (Wildman–Crippen MR) is 104 cm³/mol. The van der Waals surface area contributed by atoms with Gasteiger partial charge >= 0.3 is 0 Å². The third-order valence-electron chi connectivity index (χ3n) is 4.43. The third kappa shape index (κ3) is 3.85. The van der Waals surface area contributed by atoms with Crippen molar-refractivity contribution in [1.82, 2.24) is 0 Å². The standard InChI is InChI=1S/C19H22N2O5S/c1-25-15-11-14(12-16(13-15)26-2)19(22)20-9-6-10-21(27(3,23)24)18-8-5-4-7-17(18)20/h4-5,7-8,11-13H,6,9-10H2,1-3H3. The Labute approximate surface area is 159 Å². The van der Waals surface area contributed by atoms with Crippen LogP contribution in [0.5, 0.6) is 11.5 Å². The van der Waals surface area contributed by atoms with Crippen molar-refractivity contribution in [1.29, 1.82) is 0 Å². The third-order valence-corrected chi connectivity index (χ3v) is 5.61. The maximum atomic E-state index is 13.3. The summed E-state index contributed by atoms with van der Waals surface area (Å²) in [5, 5.41) is 0. The van der Waals surface area contributed by atoms with Gasteiger partial charge < -0.3 is 14.4 Å². The summed E-state index contributed by atoms with van der Waals surface area (Å²) in [4.78, 5) is 14.9. The number of carbonyl (C=O) groups excluding carboxylic acids is 1. The number of sulfonamides is 1. The zero-order chi connectivity index (χ0) is 19.6. The fourth-order valence-corrected chi connectivity index (χ4v) is 4.13. The number of carbonyl (C=O) groups is 1. The van der Waals surface area contributed by atoms with Gasteiger partial charge in [0.05, 0.1) is 31.9 Å². The predicted octanol–water partition coefficient (Wildman–Crippen LogP) is 2.52. The Kier molecular flexibility index (Phi) is 5.27. The van der Waals surface area contributed by atoms with Gasteiger partial charge in [-0.25, -0.2) is 8.42 Å². The van der Waals surface area contributed by atoms with Crippen LogP contribution in [-0.2, 0) is 10.0 Å². The molecule has 0 unspecified atom stereocenters. The first-order chi connectivity index (χ1) is 12.8. The van der Waals surface area contributed by atoms with Crippen LogP contribution in [-0.4, -0.2) is 47.9 Å². The molecular formula is C19H22N2O5S. The van der Waals surface area contributed by atoms with Crippen LogP contribution < -0.4 is 18.7 Å². The molecule has 144 valence electrons. The Bertz CT molecular complexity index is 936. The molecule has 3 rings (SSSR count). The van der Waals surface area contributed by atoms with Crippen molar-refractivity contribution in [2.45, 2.75) is 6.42 Å². The lowest BCUT2D eigenvalue weighted by atomic mass is 10.1. The van der Waals surface area contributed by atoms with E-state index in [2.05, 4.69) is 0 Å². The SMILES string of the molecule is COc1cc(OC)cc(C(=O)N2CCCN(S(C)(=O)=O)c3ccccc32)c1. The van der Waals surface area contributed by atoms with Crippen LogP contribution in [0.3, 0.4) is 0 Å². The van der Waals surface area contributed by atoms with Crippen LogP contribution in [0.25, 0.3) is 0 Å². The molecule has 27 heavy (non-hydrogen) atoms. The first kappa shape index (κ1) is 19.0. The normalized spacial score (nSPS) is 14.3. The van der Waals surface area contributed by atoms with Gasteiger partial charge in [-0.15, -0.1) is 0 Å². The second-order valence-electron chi connectivity index (χ2n) is 6.24. The molecule has 0 saturated carbocycles. The van der Waals surface area contributed by atoms with Gasteiger partial charge in [-0.05, 0) is 30.7 Å². The Morgan fingerprint density at radius 1 is 0.963 bits per heavy atom. The van der Waals surface area contributed by atoms with Gasteiger partial charge in [-0.1, -0.05) is 12.1 Å². The highest BCUT2D eigenvalue weighted by atomic mass is 32.2. The molecule has 8 heteroatoms. The number of fused-ring (bicyclic) bond motifs is 1. The molecule has 0 atom stereocenters. The van der Waals surface area contributed by atoms with E-state index in [4.69, 9.17) is 9.47 Å². The van der Waals surface area contributed by atoms with E-state index in [9.17, 15) is 13.2 Å². The van der Waals surface area contributed by atoms with E-state index >= 15 is 0 Å². The molecule has 2 aromatic carbocycles. The van der Waals surface area contributed by atoms with E-state index in [0.717, 1.165) is 0 Å². The molecule has 0 bridgehead atoms. The first-order valence-electron chi connectivity index (χ1n) is 8.47. The zero-order valence-electron chi connectivity index (χ0n) is 15.5. The summed E-state index contributed by atoms with van der Waals surface area (Å²) in [6.07, 6.45) is 1.70. The van der Waals surface area contributed by atoms with Gasteiger partial charge in [-0.3, -0.25) is 9.10 Å². The number of benzene rings is 2. The van der Waals surface area contributed by atoms with Crippen molar-refractivity contribution in [3.8, 4) is 11.5 Å². The lowest BCUT2D eigenvalue weighted by molar-refractivity contribution is 0.0986. The second-order valence-corrected chi connectivity index (χ2v) is 8.14. The summed E-state index contributed by atoms with van der Waals surface area (Å²) < 4.78 is 36.3. The molecule has 1 aliphatic rings. The minimum Gasteiger partial charge on any atom is -0.497 e. The van der Waals surface area contributed by atoms with Crippen molar-refractivity contribution >= 4 is 27.3 Å². The highest BCUT2D eigenvalue weighted by molar-refractivity contribution is 7.92. The first-order valence-corrected chi connectivity index (χ1v) is 10.3. The summed E-state index contributed by atoms with van der Waals surface area (Å²) in [5.74, 6) is 0.784. The van der Waals surface area contributed by atoms with Crippen molar-refractivity contribution in [2.75, 3.05) is 42.8 Å².